The number of nitrogens with one attached hydrogen (secondary N) is 1. The Morgan fingerprint density at radius 2 is 2.28 bits per heavy atom. The van der Waals surface area contributed by atoms with Gasteiger partial charge in [0.15, 0.2) is 0 Å². The normalized spacial score (nSPS) is 10.1. The molecule has 2 rings (SSSR count). The van der Waals surface area contributed by atoms with Crippen LogP contribution in [0.15, 0.2) is 22.7 Å². The van der Waals surface area contributed by atoms with Gasteiger partial charge < -0.3 is 15.8 Å². The number of rotatable bonds is 3. The summed E-state index contributed by atoms with van der Waals surface area (Å²) in [6.45, 7) is 0. The van der Waals surface area contributed by atoms with Crippen LogP contribution in [0, 0.1) is 0 Å². The minimum atomic E-state index is -0.363. The van der Waals surface area contributed by atoms with Crippen LogP contribution in [0.1, 0.15) is 9.80 Å². The first kappa shape index (κ1) is 12.8. The van der Waals surface area contributed by atoms with E-state index in [1.54, 1.807) is 25.3 Å². The van der Waals surface area contributed by atoms with Crippen molar-refractivity contribution in [1.29, 1.82) is 0 Å². The van der Waals surface area contributed by atoms with E-state index in [9.17, 15) is 4.79 Å². The highest BCUT2D eigenvalue weighted by molar-refractivity contribution is 9.10. The summed E-state index contributed by atoms with van der Waals surface area (Å²) < 4.78 is 5.83. The average Bonchev–Trinajstić information content (AvgIpc) is 2.79. The number of nitrogens with two attached hydrogens (primary N) is 1. The molecule has 1 heterocycles. The molecule has 0 radical (unpaired) electrons. The Bertz CT molecular complexity index is 587. The van der Waals surface area contributed by atoms with Crippen molar-refractivity contribution in [2.24, 2.45) is 0 Å². The summed E-state index contributed by atoms with van der Waals surface area (Å²) in [6.07, 6.45) is 0. The third-order valence-electron chi connectivity index (χ3n) is 2.06. The van der Waals surface area contributed by atoms with Gasteiger partial charge in [-0.2, -0.15) is 0 Å². The number of hydrogen-bond donors (Lipinski definition) is 2. The maximum atomic E-state index is 11.9. The Labute approximate surface area is 115 Å². The first-order chi connectivity index (χ1) is 8.60. The first-order valence-electron chi connectivity index (χ1n) is 4.84. The fourth-order valence-corrected chi connectivity index (χ4v) is 2.08. The number of amides is 1. The predicted molar refractivity (Wildman–Crippen MR) is 73.0 cm³/mol. The highest BCUT2D eigenvalue weighted by Crippen LogP contribution is 2.27. The molecule has 1 aromatic heterocycles. The Kier molecular flexibility index (Phi) is 3.78. The second-order valence-corrected chi connectivity index (χ2v) is 5.11. The van der Waals surface area contributed by atoms with E-state index in [1.165, 1.54) is 0 Å². The van der Waals surface area contributed by atoms with Gasteiger partial charge in [0.05, 0.1) is 12.8 Å². The minimum absolute atomic E-state index is 0.210. The summed E-state index contributed by atoms with van der Waals surface area (Å²) >= 11 is 4.37. The minimum Gasteiger partial charge on any atom is -0.497 e. The zero-order chi connectivity index (χ0) is 13.1. The highest BCUT2D eigenvalue weighted by Gasteiger charge is 2.13. The lowest BCUT2D eigenvalue weighted by Gasteiger charge is -2.07. The van der Waals surface area contributed by atoms with E-state index in [-0.39, 0.29) is 16.0 Å². The summed E-state index contributed by atoms with van der Waals surface area (Å²) in [5.41, 5.74) is 6.01. The summed E-state index contributed by atoms with van der Waals surface area (Å²) in [4.78, 5) is 11.9. The van der Waals surface area contributed by atoms with Crippen LogP contribution in [-0.2, 0) is 0 Å². The average molecular weight is 329 g/mol. The molecule has 0 bridgehead atoms. The molecule has 0 saturated heterocycles. The first-order valence-corrected chi connectivity index (χ1v) is 6.45. The van der Waals surface area contributed by atoms with Gasteiger partial charge in [-0.05, 0) is 28.1 Å². The molecule has 0 aliphatic rings. The summed E-state index contributed by atoms with van der Waals surface area (Å²) in [5.74, 6) is 0.281. The van der Waals surface area contributed by atoms with E-state index in [0.717, 1.165) is 15.8 Å². The number of anilines is 2. The number of aromatic nitrogens is 2. The van der Waals surface area contributed by atoms with Gasteiger partial charge in [-0.25, -0.2) is 0 Å². The molecule has 0 unspecified atom stereocenters. The van der Waals surface area contributed by atoms with Crippen molar-refractivity contribution in [3.63, 3.8) is 0 Å². The molecule has 0 saturated carbocycles. The summed E-state index contributed by atoms with van der Waals surface area (Å²) in [7, 11) is 1.56. The number of methoxy groups -OCH3 is 1. The highest BCUT2D eigenvalue weighted by atomic mass is 79.9. The van der Waals surface area contributed by atoms with Gasteiger partial charge in [0.2, 0.25) is 10.1 Å². The Morgan fingerprint density at radius 3 is 2.89 bits per heavy atom. The number of nitrogens with zero attached hydrogens (tertiary/aromatic N) is 2. The van der Waals surface area contributed by atoms with Gasteiger partial charge in [-0.15, -0.1) is 10.2 Å². The van der Waals surface area contributed by atoms with Crippen LogP contribution in [0.3, 0.4) is 0 Å². The number of nitrogen functional groups attached to an aromatic ring is 1. The van der Waals surface area contributed by atoms with Crippen molar-refractivity contribution in [2.45, 2.75) is 0 Å². The van der Waals surface area contributed by atoms with E-state index >= 15 is 0 Å². The largest absolute Gasteiger partial charge is 0.497 e. The topological polar surface area (TPSA) is 90.1 Å². The van der Waals surface area contributed by atoms with Gasteiger partial charge in [0, 0.05) is 10.5 Å². The van der Waals surface area contributed by atoms with Crippen LogP contribution >= 0.6 is 27.3 Å². The molecule has 0 aliphatic heterocycles. The Morgan fingerprint density at radius 1 is 1.50 bits per heavy atom. The number of halogens is 1. The number of carbonyl (C=O) groups is 1. The molecular weight excluding hydrogens is 320 g/mol. The second kappa shape index (κ2) is 5.32. The molecule has 2 aromatic rings. The van der Waals surface area contributed by atoms with Crippen molar-refractivity contribution in [3.8, 4) is 5.75 Å². The molecule has 1 aromatic carbocycles. The van der Waals surface area contributed by atoms with Gasteiger partial charge in [-0.1, -0.05) is 11.3 Å². The molecule has 0 aliphatic carbocycles. The van der Waals surface area contributed by atoms with Crippen LogP contribution in [0.5, 0.6) is 5.75 Å². The number of ether oxygens (including phenoxy) is 1. The number of hydrogen-bond acceptors (Lipinski definition) is 6. The maximum absolute atomic E-state index is 11.9. The fourth-order valence-electron chi connectivity index (χ4n) is 1.23. The molecule has 0 spiro atoms. The maximum Gasteiger partial charge on any atom is 0.286 e. The molecule has 3 N–H and O–H groups in total. The van der Waals surface area contributed by atoms with E-state index in [0.29, 0.717) is 11.4 Å². The third-order valence-corrected chi connectivity index (χ3v) is 3.50. The lowest BCUT2D eigenvalue weighted by atomic mass is 10.3. The van der Waals surface area contributed by atoms with Crippen LogP contribution in [0.4, 0.5) is 10.8 Å². The fraction of sp³-hybridized carbons (Fsp3) is 0.100. The monoisotopic (exact) mass is 328 g/mol. The third kappa shape index (κ3) is 2.77. The van der Waals surface area contributed by atoms with Gasteiger partial charge in [0.25, 0.3) is 5.91 Å². The molecule has 94 valence electrons. The van der Waals surface area contributed by atoms with E-state index < -0.39 is 0 Å². The van der Waals surface area contributed by atoms with Gasteiger partial charge in [-0.3, -0.25) is 4.79 Å². The number of carbonyl (C=O) groups excluding carboxylic acids is 1. The lowest BCUT2D eigenvalue weighted by Crippen LogP contribution is -2.12. The van der Waals surface area contributed by atoms with E-state index in [4.69, 9.17) is 10.5 Å². The van der Waals surface area contributed by atoms with Gasteiger partial charge in [0.1, 0.15) is 5.75 Å². The van der Waals surface area contributed by atoms with E-state index in [2.05, 4.69) is 31.4 Å². The van der Waals surface area contributed by atoms with Crippen LogP contribution in [0.25, 0.3) is 0 Å². The van der Waals surface area contributed by atoms with Crippen molar-refractivity contribution in [2.75, 3.05) is 18.2 Å². The van der Waals surface area contributed by atoms with Crippen molar-refractivity contribution < 1.29 is 9.53 Å². The predicted octanol–water partition coefficient (Wildman–Crippen LogP) is 2.14. The molecule has 0 atom stereocenters. The molecular formula is C10H9BrN4O2S. The van der Waals surface area contributed by atoms with Crippen molar-refractivity contribution in [1.82, 2.24) is 10.2 Å². The zero-order valence-corrected chi connectivity index (χ0v) is 11.7. The van der Waals surface area contributed by atoms with Crippen molar-refractivity contribution >= 4 is 44.0 Å². The van der Waals surface area contributed by atoms with Crippen LogP contribution in [0.2, 0.25) is 0 Å². The Balaban J connectivity index is 2.21. The quantitative estimate of drug-likeness (QED) is 0.900. The second-order valence-electron chi connectivity index (χ2n) is 3.25. The molecule has 6 nitrogen and oxygen atoms in total. The lowest BCUT2D eigenvalue weighted by molar-refractivity contribution is 0.102. The van der Waals surface area contributed by atoms with E-state index in [1.807, 2.05) is 0 Å². The van der Waals surface area contributed by atoms with Crippen LogP contribution < -0.4 is 15.8 Å². The molecule has 18 heavy (non-hydrogen) atoms. The standard InChI is InChI=1S/C10H9BrN4O2S/c1-17-5-2-3-6(11)7(4-5)13-8(16)9-14-15-10(12)18-9/h2-4H,1H3,(H2,12,15)(H,13,16). The van der Waals surface area contributed by atoms with Crippen LogP contribution in [-0.4, -0.2) is 23.2 Å². The SMILES string of the molecule is COc1ccc(Br)c(NC(=O)c2nnc(N)s2)c1. The Hall–Kier alpha value is -1.67. The molecule has 0 fully saturated rings. The molecule has 1 amide bonds. The summed E-state index contributed by atoms with van der Waals surface area (Å²) in [5, 5.41) is 10.4. The molecule has 8 heteroatoms. The van der Waals surface area contributed by atoms with Gasteiger partial charge >= 0.3 is 0 Å². The number of benzene rings is 1. The summed E-state index contributed by atoms with van der Waals surface area (Å²) in [6, 6.07) is 5.26. The smallest absolute Gasteiger partial charge is 0.286 e. The zero-order valence-electron chi connectivity index (χ0n) is 9.31. The van der Waals surface area contributed by atoms with Crippen molar-refractivity contribution in [3.05, 3.63) is 27.7 Å².